The van der Waals surface area contributed by atoms with Crippen molar-refractivity contribution in [3.63, 3.8) is 0 Å². The van der Waals surface area contributed by atoms with E-state index in [2.05, 4.69) is 32.1 Å². The van der Waals surface area contributed by atoms with Crippen molar-refractivity contribution in [3.05, 3.63) is 24.3 Å². The maximum atomic E-state index is 11.7. The first-order valence-corrected chi connectivity index (χ1v) is 7.26. The fourth-order valence-electron chi connectivity index (χ4n) is 2.34. The average molecular weight is 290 g/mol. The van der Waals surface area contributed by atoms with Crippen molar-refractivity contribution in [1.29, 1.82) is 0 Å². The van der Waals surface area contributed by atoms with Crippen LogP contribution in [0.2, 0.25) is 0 Å². The molecule has 114 valence electrons. The Morgan fingerprint density at radius 3 is 3.14 bits per heavy atom. The molecule has 1 aliphatic heterocycles. The van der Waals surface area contributed by atoms with Crippen LogP contribution in [0.15, 0.2) is 23.6 Å². The lowest BCUT2D eigenvalue weighted by molar-refractivity contribution is 0.0949. The van der Waals surface area contributed by atoms with Gasteiger partial charge in [-0.3, -0.25) is 14.8 Å². The van der Waals surface area contributed by atoms with Crippen LogP contribution in [-0.2, 0) is 0 Å². The van der Waals surface area contributed by atoms with Crippen molar-refractivity contribution in [1.82, 2.24) is 20.2 Å². The standard InChI is InChI=1S/C14H22N6O/c1-11-3-2-8-20(10-11)14(15)19-7-6-18-13(21)12-9-16-4-5-17-12/h4-5,9,11H,2-3,6-8,10H2,1H3,(H2,15,19)(H,18,21). The second-order valence-corrected chi connectivity index (χ2v) is 5.28. The number of likely N-dealkylation sites (tertiary alicyclic amines) is 1. The first-order valence-electron chi connectivity index (χ1n) is 7.26. The van der Waals surface area contributed by atoms with Gasteiger partial charge in [0.25, 0.3) is 5.91 Å². The van der Waals surface area contributed by atoms with E-state index in [9.17, 15) is 4.79 Å². The molecule has 21 heavy (non-hydrogen) atoms. The van der Waals surface area contributed by atoms with Crippen molar-refractivity contribution in [3.8, 4) is 0 Å². The number of rotatable bonds is 4. The second-order valence-electron chi connectivity index (χ2n) is 5.28. The molecule has 1 atom stereocenters. The number of nitrogens with one attached hydrogen (secondary N) is 1. The van der Waals surface area contributed by atoms with Gasteiger partial charge in [-0.15, -0.1) is 0 Å². The Balaban J connectivity index is 1.73. The molecule has 0 aliphatic carbocycles. The number of aliphatic imine (C=N–C) groups is 1. The van der Waals surface area contributed by atoms with Crippen molar-refractivity contribution < 1.29 is 4.79 Å². The van der Waals surface area contributed by atoms with E-state index in [1.807, 2.05) is 0 Å². The summed E-state index contributed by atoms with van der Waals surface area (Å²) in [5.74, 6) is 0.975. The lowest BCUT2D eigenvalue weighted by Crippen LogP contribution is -2.43. The van der Waals surface area contributed by atoms with E-state index in [1.54, 1.807) is 0 Å². The molecular weight excluding hydrogens is 268 g/mol. The molecule has 1 saturated heterocycles. The molecule has 2 heterocycles. The lowest BCUT2D eigenvalue weighted by atomic mass is 10.0. The van der Waals surface area contributed by atoms with Gasteiger partial charge in [-0.05, 0) is 18.8 Å². The van der Waals surface area contributed by atoms with Crippen LogP contribution in [0.4, 0.5) is 0 Å². The Morgan fingerprint density at radius 2 is 2.43 bits per heavy atom. The number of aromatic nitrogens is 2. The monoisotopic (exact) mass is 290 g/mol. The quantitative estimate of drug-likeness (QED) is 0.471. The number of nitrogens with two attached hydrogens (primary N) is 1. The Hall–Kier alpha value is -2.18. The van der Waals surface area contributed by atoms with Crippen molar-refractivity contribution in [2.75, 3.05) is 26.2 Å². The SMILES string of the molecule is CC1CCCN(C(N)=NCCNC(=O)c2cnccn2)C1. The van der Waals surface area contributed by atoms with Crippen molar-refractivity contribution in [2.45, 2.75) is 19.8 Å². The van der Waals surface area contributed by atoms with Gasteiger partial charge in [0.1, 0.15) is 5.69 Å². The highest BCUT2D eigenvalue weighted by Crippen LogP contribution is 2.14. The summed E-state index contributed by atoms with van der Waals surface area (Å²) in [6, 6.07) is 0. The molecule has 1 aromatic rings. The van der Waals surface area contributed by atoms with Crippen LogP contribution in [0.25, 0.3) is 0 Å². The first kappa shape index (κ1) is 15.2. The smallest absolute Gasteiger partial charge is 0.271 e. The topological polar surface area (TPSA) is 96.5 Å². The summed E-state index contributed by atoms with van der Waals surface area (Å²) in [4.78, 5) is 25.9. The maximum absolute atomic E-state index is 11.7. The Kier molecular flexibility index (Phi) is 5.48. The molecule has 3 N–H and O–H groups in total. The number of piperidine rings is 1. The highest BCUT2D eigenvalue weighted by atomic mass is 16.1. The molecule has 0 bridgehead atoms. The second kappa shape index (κ2) is 7.56. The van der Waals surface area contributed by atoms with Crippen LogP contribution in [-0.4, -0.2) is 52.9 Å². The van der Waals surface area contributed by atoms with E-state index in [4.69, 9.17) is 5.73 Å². The third-order valence-corrected chi connectivity index (χ3v) is 3.45. The van der Waals surface area contributed by atoms with Crippen LogP contribution >= 0.6 is 0 Å². The number of amides is 1. The van der Waals surface area contributed by atoms with Gasteiger partial charge in [0.05, 0.1) is 12.7 Å². The predicted octanol–water partition coefficient (Wildman–Crippen LogP) is 0.253. The summed E-state index contributed by atoms with van der Waals surface area (Å²) >= 11 is 0. The van der Waals surface area contributed by atoms with Crippen molar-refractivity contribution in [2.24, 2.45) is 16.6 Å². The summed E-state index contributed by atoms with van der Waals surface area (Å²) < 4.78 is 0. The van der Waals surface area contributed by atoms with Crippen LogP contribution in [0, 0.1) is 5.92 Å². The summed E-state index contributed by atoms with van der Waals surface area (Å²) in [6.45, 7) is 5.04. The Bertz CT molecular complexity index is 489. The number of guanidine groups is 1. The van der Waals surface area contributed by atoms with Gasteiger partial charge in [-0.2, -0.15) is 0 Å². The molecule has 0 aromatic carbocycles. The summed E-state index contributed by atoms with van der Waals surface area (Å²) in [5, 5.41) is 2.74. The summed E-state index contributed by atoms with van der Waals surface area (Å²) in [7, 11) is 0. The van der Waals surface area contributed by atoms with E-state index in [0.717, 1.165) is 19.5 Å². The Morgan fingerprint density at radius 1 is 1.57 bits per heavy atom. The number of hydrogen-bond donors (Lipinski definition) is 2. The molecule has 1 amide bonds. The highest BCUT2D eigenvalue weighted by molar-refractivity contribution is 5.91. The first-order chi connectivity index (χ1) is 10.2. The lowest BCUT2D eigenvalue weighted by Gasteiger charge is -2.31. The van der Waals surface area contributed by atoms with Gasteiger partial charge < -0.3 is 16.0 Å². The number of hydrogen-bond acceptors (Lipinski definition) is 4. The number of nitrogens with zero attached hydrogens (tertiary/aromatic N) is 4. The highest BCUT2D eigenvalue weighted by Gasteiger charge is 2.17. The largest absolute Gasteiger partial charge is 0.370 e. The molecule has 1 aromatic heterocycles. The van der Waals surface area contributed by atoms with Crippen LogP contribution in [0.1, 0.15) is 30.3 Å². The van der Waals surface area contributed by atoms with Gasteiger partial charge in [0, 0.05) is 32.0 Å². The third kappa shape index (κ3) is 4.70. The average Bonchev–Trinajstić information content (AvgIpc) is 2.52. The minimum absolute atomic E-state index is 0.247. The predicted molar refractivity (Wildman–Crippen MR) is 80.8 cm³/mol. The normalized spacial score (nSPS) is 19.4. The zero-order chi connectivity index (χ0) is 15.1. The van der Waals surface area contributed by atoms with Crippen LogP contribution < -0.4 is 11.1 Å². The van der Waals surface area contributed by atoms with Gasteiger partial charge in [0.2, 0.25) is 0 Å². The molecular formula is C14H22N6O. The van der Waals surface area contributed by atoms with Crippen LogP contribution in [0.5, 0.6) is 0 Å². The minimum Gasteiger partial charge on any atom is -0.370 e. The van der Waals surface area contributed by atoms with E-state index in [-0.39, 0.29) is 5.91 Å². The summed E-state index contributed by atoms with van der Waals surface area (Å²) in [6.07, 6.45) is 6.85. The Labute approximate surface area is 124 Å². The molecule has 1 aliphatic rings. The van der Waals surface area contributed by atoms with Gasteiger partial charge in [-0.1, -0.05) is 6.92 Å². The molecule has 1 fully saturated rings. The fourth-order valence-corrected chi connectivity index (χ4v) is 2.34. The maximum Gasteiger partial charge on any atom is 0.271 e. The molecule has 1 unspecified atom stereocenters. The molecule has 0 spiro atoms. The number of carbonyl (C=O) groups excluding carboxylic acids is 1. The number of carbonyl (C=O) groups is 1. The summed E-state index contributed by atoms with van der Waals surface area (Å²) in [5.41, 5.74) is 6.28. The molecule has 2 rings (SSSR count). The van der Waals surface area contributed by atoms with Crippen molar-refractivity contribution >= 4 is 11.9 Å². The van der Waals surface area contributed by atoms with Gasteiger partial charge in [-0.25, -0.2) is 4.98 Å². The fraction of sp³-hybridized carbons (Fsp3) is 0.571. The van der Waals surface area contributed by atoms with Gasteiger partial charge in [0.15, 0.2) is 5.96 Å². The van der Waals surface area contributed by atoms with Crippen LogP contribution in [0.3, 0.4) is 0 Å². The zero-order valence-electron chi connectivity index (χ0n) is 12.3. The molecule has 7 nitrogen and oxygen atoms in total. The molecule has 0 radical (unpaired) electrons. The van der Waals surface area contributed by atoms with Gasteiger partial charge >= 0.3 is 0 Å². The van der Waals surface area contributed by atoms with E-state index in [0.29, 0.717) is 30.7 Å². The third-order valence-electron chi connectivity index (χ3n) is 3.45. The molecule has 0 saturated carbocycles. The van der Waals surface area contributed by atoms with E-state index < -0.39 is 0 Å². The van der Waals surface area contributed by atoms with E-state index >= 15 is 0 Å². The molecule has 7 heteroatoms. The zero-order valence-corrected chi connectivity index (χ0v) is 12.3. The van der Waals surface area contributed by atoms with E-state index in [1.165, 1.54) is 25.0 Å². The minimum atomic E-state index is -0.247.